The topological polar surface area (TPSA) is 91.5 Å². The molecular weight excluding hydrogens is 518 g/mol. The number of amides is 2. The van der Waals surface area contributed by atoms with Crippen LogP contribution in [0.4, 0.5) is 4.39 Å². The number of ether oxygens (including phenoxy) is 1. The summed E-state index contributed by atoms with van der Waals surface area (Å²) in [6.07, 6.45) is 4.81. The molecular formula is C32H44BFN4O3. The zero-order chi connectivity index (χ0) is 29.4. The monoisotopic (exact) mass is 562 g/mol. The average Bonchev–Trinajstić information content (AvgIpc) is 3.76. The second-order valence-electron chi connectivity index (χ2n) is 11.9. The van der Waals surface area contributed by atoms with Crippen LogP contribution in [0.5, 0.6) is 5.75 Å². The molecule has 4 N–H and O–H groups in total. The number of carbonyl (C=O) groups excluding carboxylic acids is 2. The summed E-state index contributed by atoms with van der Waals surface area (Å²) < 4.78 is 20.3. The van der Waals surface area contributed by atoms with Crippen LogP contribution in [0.1, 0.15) is 57.6 Å². The Morgan fingerprint density at radius 1 is 1.02 bits per heavy atom. The minimum absolute atomic E-state index is 0.0611. The fourth-order valence-electron chi connectivity index (χ4n) is 5.27. The Labute approximate surface area is 244 Å². The molecule has 0 radical (unpaired) electrons. The predicted molar refractivity (Wildman–Crippen MR) is 163 cm³/mol. The van der Waals surface area contributed by atoms with Crippen LogP contribution >= 0.6 is 0 Å². The molecule has 1 aliphatic heterocycles. The molecule has 9 heteroatoms. The van der Waals surface area contributed by atoms with E-state index in [0.29, 0.717) is 37.5 Å². The number of hydrogen-bond acceptors (Lipinski definition) is 5. The fraction of sp³-hybridized carbons (Fsp3) is 0.531. The van der Waals surface area contributed by atoms with E-state index in [-0.39, 0.29) is 35.6 Å². The molecule has 7 nitrogen and oxygen atoms in total. The maximum absolute atomic E-state index is 14.0. The summed E-state index contributed by atoms with van der Waals surface area (Å²) in [7, 11) is 4.31. The van der Waals surface area contributed by atoms with Gasteiger partial charge >= 0.3 is 245 Å². The number of rotatable bonds is 5. The maximum atomic E-state index is 14.0. The van der Waals surface area contributed by atoms with Gasteiger partial charge in [-0.1, -0.05) is 0 Å². The predicted octanol–water partition coefficient (Wildman–Crippen LogP) is 2.79. The summed E-state index contributed by atoms with van der Waals surface area (Å²) in [6, 6.07) is 13.0. The van der Waals surface area contributed by atoms with Crippen molar-refractivity contribution in [2.75, 3.05) is 13.2 Å². The Bertz CT molecular complexity index is 1200. The fourth-order valence-corrected chi connectivity index (χ4v) is 5.27. The van der Waals surface area contributed by atoms with Crippen LogP contribution in [0.3, 0.4) is 0 Å². The SMILES string of the molecule is B=C1N[C@H](C(C)C)C(=O)N[C@@H](CC2CC2)C(=O)NCCCc2ccccc2OC[C@H](C)N[C@@H]1Cc1cccc(F)c1. The first kappa shape index (κ1) is 30.8. The summed E-state index contributed by atoms with van der Waals surface area (Å²) in [4.78, 5) is 26.8. The summed E-state index contributed by atoms with van der Waals surface area (Å²) in [5, 5.41) is 13.0. The summed E-state index contributed by atoms with van der Waals surface area (Å²) >= 11 is 0. The van der Waals surface area contributed by atoms with Gasteiger partial charge in [0.05, 0.1) is 0 Å². The molecule has 0 aromatic heterocycles. The Kier molecular flexibility index (Phi) is 11.0. The quantitative estimate of drug-likeness (QED) is 0.421. The number of fused-ring (bicyclic) bond motifs is 1. The number of hydrogen-bond donors (Lipinski definition) is 4. The molecule has 41 heavy (non-hydrogen) atoms. The van der Waals surface area contributed by atoms with Crippen molar-refractivity contribution in [1.82, 2.24) is 21.3 Å². The van der Waals surface area contributed by atoms with Gasteiger partial charge in [-0.05, 0) is 0 Å². The van der Waals surface area contributed by atoms with Gasteiger partial charge in [0.2, 0.25) is 0 Å². The molecule has 0 saturated heterocycles. The van der Waals surface area contributed by atoms with E-state index in [1.54, 1.807) is 6.07 Å². The molecule has 1 heterocycles. The third kappa shape index (κ3) is 9.42. The van der Waals surface area contributed by atoms with Crippen molar-refractivity contribution in [3.8, 4) is 5.75 Å². The first-order valence-electron chi connectivity index (χ1n) is 14.9. The van der Waals surface area contributed by atoms with Crippen molar-refractivity contribution in [2.45, 2.75) is 83.5 Å². The van der Waals surface area contributed by atoms with Crippen molar-refractivity contribution >= 4 is 24.9 Å². The number of nitrogens with one attached hydrogen (secondary N) is 4. The van der Waals surface area contributed by atoms with E-state index in [9.17, 15) is 14.0 Å². The van der Waals surface area contributed by atoms with Gasteiger partial charge in [0.25, 0.3) is 0 Å². The van der Waals surface area contributed by atoms with Crippen LogP contribution in [-0.4, -0.2) is 62.2 Å². The number of carbonyl (C=O) groups is 2. The second-order valence-corrected chi connectivity index (χ2v) is 11.9. The van der Waals surface area contributed by atoms with Crippen LogP contribution in [0.25, 0.3) is 0 Å². The number of aryl methyl sites for hydroxylation is 1. The summed E-state index contributed by atoms with van der Waals surface area (Å²) in [5.41, 5.74) is 2.53. The van der Waals surface area contributed by atoms with Crippen molar-refractivity contribution in [3.63, 3.8) is 0 Å². The van der Waals surface area contributed by atoms with Crippen LogP contribution in [0.15, 0.2) is 48.5 Å². The van der Waals surface area contributed by atoms with Gasteiger partial charge in [-0.2, -0.15) is 0 Å². The van der Waals surface area contributed by atoms with Crippen LogP contribution in [0.2, 0.25) is 0 Å². The molecule has 1 fully saturated rings. The zero-order valence-corrected chi connectivity index (χ0v) is 24.5. The van der Waals surface area contributed by atoms with Crippen molar-refractivity contribution in [2.24, 2.45) is 11.8 Å². The van der Waals surface area contributed by atoms with E-state index in [1.165, 1.54) is 12.1 Å². The van der Waals surface area contributed by atoms with Gasteiger partial charge in [0, 0.05) is 0 Å². The standard InChI is InChI=1S/C32H44BFN4O3/c1-20(2)29-32(40)37-27(17-22-13-14-22)31(39)35-15-7-10-24-9-4-5-12-28(24)41-19-21(3)36-26(30(33)38-29)18-23-8-6-11-25(34)16-23/h4-6,8-9,11-12,16,20-22,26-27,29,33,36,38H,7,10,13-15,17-19H2,1-3H3,(H,35,39)(H,37,40)/t21-,26+,27-,29+/m0/s1. The molecule has 0 unspecified atom stereocenters. The van der Waals surface area contributed by atoms with Crippen LogP contribution in [-0.2, 0) is 22.4 Å². The molecule has 4 rings (SSSR count). The van der Waals surface area contributed by atoms with E-state index < -0.39 is 12.1 Å². The van der Waals surface area contributed by atoms with E-state index in [4.69, 9.17) is 4.74 Å². The average molecular weight is 563 g/mol. The van der Waals surface area contributed by atoms with Gasteiger partial charge in [-0.25, -0.2) is 0 Å². The van der Waals surface area contributed by atoms with Crippen molar-refractivity contribution in [1.29, 1.82) is 0 Å². The van der Waals surface area contributed by atoms with Gasteiger partial charge in [-0.3, -0.25) is 0 Å². The third-order valence-corrected chi connectivity index (χ3v) is 7.81. The number of halogens is 1. The Morgan fingerprint density at radius 3 is 2.54 bits per heavy atom. The molecule has 220 valence electrons. The van der Waals surface area contributed by atoms with Crippen LogP contribution < -0.4 is 26.0 Å². The molecule has 2 aromatic rings. The normalized spacial score (nSPS) is 25.1. The first-order valence-corrected chi connectivity index (χ1v) is 14.9. The van der Waals surface area contributed by atoms with E-state index in [2.05, 4.69) is 28.8 Å². The van der Waals surface area contributed by atoms with Crippen molar-refractivity contribution in [3.05, 3.63) is 65.5 Å². The third-order valence-electron chi connectivity index (χ3n) is 7.81. The van der Waals surface area contributed by atoms with E-state index >= 15 is 0 Å². The molecule has 0 spiro atoms. The summed E-state index contributed by atoms with van der Waals surface area (Å²) in [6.45, 7) is 6.91. The Balaban J connectivity index is 1.59. The number of benzene rings is 2. The van der Waals surface area contributed by atoms with Gasteiger partial charge in [-0.15, -0.1) is 0 Å². The summed E-state index contributed by atoms with van der Waals surface area (Å²) in [5.74, 6) is 0.568. The Hall–Kier alpha value is -3.20. The second kappa shape index (κ2) is 14.6. The first-order chi connectivity index (χ1) is 19.7. The molecule has 2 aromatic carbocycles. The minimum atomic E-state index is -0.592. The molecule has 1 aliphatic carbocycles. The van der Waals surface area contributed by atoms with E-state index in [1.807, 2.05) is 51.1 Å². The molecule has 1 saturated carbocycles. The molecule has 4 atom stereocenters. The van der Waals surface area contributed by atoms with E-state index in [0.717, 1.165) is 42.6 Å². The Morgan fingerprint density at radius 2 is 1.80 bits per heavy atom. The van der Waals surface area contributed by atoms with Gasteiger partial charge in [0.1, 0.15) is 0 Å². The van der Waals surface area contributed by atoms with Crippen LogP contribution in [0, 0.1) is 17.7 Å². The van der Waals surface area contributed by atoms with Gasteiger partial charge < -0.3 is 0 Å². The molecule has 0 bridgehead atoms. The molecule has 2 aliphatic rings. The van der Waals surface area contributed by atoms with Gasteiger partial charge in [0.15, 0.2) is 0 Å². The van der Waals surface area contributed by atoms with Crippen molar-refractivity contribution < 1.29 is 18.7 Å². The zero-order valence-electron chi connectivity index (χ0n) is 24.5. The number of para-hydroxylation sites is 1. The molecule has 2 amide bonds.